The molecule has 1 amide bonds. The number of nitrogens with two attached hydrogens (primary N) is 1. The summed E-state index contributed by atoms with van der Waals surface area (Å²) in [4.78, 5) is 23.7. The van der Waals surface area contributed by atoms with Crippen LogP contribution in [0.15, 0.2) is 48.2 Å². The minimum absolute atomic E-state index is 0.0462. The second-order valence-corrected chi connectivity index (χ2v) is 8.98. The Hall–Kier alpha value is -3.50. The van der Waals surface area contributed by atoms with E-state index in [1.165, 1.54) is 6.07 Å². The van der Waals surface area contributed by atoms with Crippen molar-refractivity contribution >= 4 is 22.6 Å². The molecule has 0 bridgehead atoms. The maximum absolute atomic E-state index is 13.7. The lowest BCUT2D eigenvalue weighted by atomic mass is 10.00. The van der Waals surface area contributed by atoms with Gasteiger partial charge in [0.1, 0.15) is 5.82 Å². The van der Waals surface area contributed by atoms with Gasteiger partial charge in [0.2, 0.25) is 0 Å². The molecule has 2 aromatic heterocycles. The van der Waals surface area contributed by atoms with Crippen molar-refractivity contribution in [2.45, 2.75) is 38.8 Å². The number of amides is 1. The molecule has 0 aliphatic carbocycles. The van der Waals surface area contributed by atoms with E-state index in [0.717, 1.165) is 40.8 Å². The van der Waals surface area contributed by atoms with E-state index in [4.69, 9.17) is 15.2 Å². The number of hydrogen-bond acceptors (Lipinski definition) is 6. The minimum Gasteiger partial charge on any atom is -0.383 e. The van der Waals surface area contributed by atoms with Crippen LogP contribution in [0.25, 0.3) is 10.9 Å². The van der Waals surface area contributed by atoms with E-state index in [2.05, 4.69) is 9.97 Å². The number of carbonyl (C=O) groups is 1. The minimum atomic E-state index is -4.48. The van der Waals surface area contributed by atoms with Gasteiger partial charge in [-0.3, -0.25) is 9.78 Å². The predicted octanol–water partition coefficient (Wildman–Crippen LogP) is 4.81. The van der Waals surface area contributed by atoms with Crippen LogP contribution in [0.4, 0.5) is 19.0 Å². The Morgan fingerprint density at radius 3 is 2.72 bits per heavy atom. The molecular formula is C26H25F3N4O3. The Morgan fingerprint density at radius 2 is 2.03 bits per heavy atom. The number of aromatic nitrogens is 2. The smallest absolute Gasteiger partial charge is 0.383 e. The van der Waals surface area contributed by atoms with Crippen LogP contribution in [0.2, 0.25) is 0 Å². The van der Waals surface area contributed by atoms with Crippen LogP contribution in [0, 0.1) is 0 Å². The van der Waals surface area contributed by atoms with Crippen molar-refractivity contribution in [2.75, 3.05) is 25.5 Å². The molecule has 2 aliphatic rings. The molecule has 5 rings (SSSR count). The number of benzene rings is 1. The van der Waals surface area contributed by atoms with Crippen LogP contribution in [-0.2, 0) is 28.8 Å². The van der Waals surface area contributed by atoms with E-state index in [0.29, 0.717) is 42.4 Å². The van der Waals surface area contributed by atoms with Gasteiger partial charge in [0.25, 0.3) is 5.91 Å². The number of nitrogens with zero attached hydrogens (tertiary/aromatic N) is 3. The van der Waals surface area contributed by atoms with Crippen LogP contribution < -0.4 is 5.73 Å². The van der Waals surface area contributed by atoms with Gasteiger partial charge in [-0.1, -0.05) is 6.08 Å². The van der Waals surface area contributed by atoms with Crippen LogP contribution in [0.3, 0.4) is 0 Å². The Bertz CT molecular complexity index is 1340. The van der Waals surface area contributed by atoms with Crippen molar-refractivity contribution in [1.82, 2.24) is 14.9 Å². The third-order valence-electron chi connectivity index (χ3n) is 6.46. The van der Waals surface area contributed by atoms with Gasteiger partial charge < -0.3 is 20.1 Å². The summed E-state index contributed by atoms with van der Waals surface area (Å²) in [5.74, 6) is 0.142. The number of carbonyl (C=O) groups excluding carboxylic acids is 1. The summed E-state index contributed by atoms with van der Waals surface area (Å²) in [7, 11) is 0. The fraction of sp³-hybridized carbons (Fsp3) is 0.346. The summed E-state index contributed by atoms with van der Waals surface area (Å²) < 4.78 is 50.2. The average Bonchev–Trinajstić information content (AvgIpc) is 3.26. The average molecular weight is 499 g/mol. The summed E-state index contributed by atoms with van der Waals surface area (Å²) in [6.45, 7) is 3.62. The molecule has 0 spiro atoms. The number of anilines is 1. The highest BCUT2D eigenvalue weighted by atomic mass is 19.4. The quantitative estimate of drug-likeness (QED) is 0.508. The van der Waals surface area contributed by atoms with Gasteiger partial charge >= 0.3 is 6.18 Å². The van der Waals surface area contributed by atoms with E-state index in [1.807, 2.05) is 13.0 Å². The number of fused-ring (bicyclic) bond motifs is 3. The third kappa shape index (κ3) is 4.78. The van der Waals surface area contributed by atoms with Gasteiger partial charge in [0.05, 0.1) is 49.2 Å². The third-order valence-corrected chi connectivity index (χ3v) is 6.46. The standard InChI is InChI=1S/C26H25F3N4O3/c1-15-23-21(14-36-15)20-9-17(4-7-22(20)32-24(23)30)25(34)33(11-16-3-2-8-35-13-16)12-19-6-5-18(10-31-19)26(27,28)29/h3-7,9-10,15H,2,8,11-14H2,1H3,(H2,30,32)/t15-/m0/s1. The van der Waals surface area contributed by atoms with E-state index in [9.17, 15) is 18.0 Å². The molecule has 2 N–H and O–H groups in total. The molecule has 36 heavy (non-hydrogen) atoms. The molecule has 10 heteroatoms. The molecule has 0 saturated heterocycles. The van der Waals surface area contributed by atoms with Gasteiger partial charge in [-0.05, 0) is 54.8 Å². The largest absolute Gasteiger partial charge is 0.417 e. The molecule has 1 atom stereocenters. The molecule has 7 nitrogen and oxygen atoms in total. The molecule has 188 valence electrons. The highest BCUT2D eigenvalue weighted by Crippen LogP contribution is 2.38. The summed E-state index contributed by atoms with van der Waals surface area (Å²) >= 11 is 0. The van der Waals surface area contributed by atoms with Crippen molar-refractivity contribution in [3.63, 3.8) is 0 Å². The first-order valence-corrected chi connectivity index (χ1v) is 11.6. The summed E-state index contributed by atoms with van der Waals surface area (Å²) in [5.41, 5.74) is 9.44. The zero-order valence-corrected chi connectivity index (χ0v) is 19.6. The monoisotopic (exact) mass is 498 g/mol. The number of pyridine rings is 2. The zero-order chi connectivity index (χ0) is 25.4. The Labute approximate surface area is 205 Å². The predicted molar refractivity (Wildman–Crippen MR) is 127 cm³/mol. The molecule has 0 saturated carbocycles. The van der Waals surface area contributed by atoms with E-state index in [-0.39, 0.29) is 25.1 Å². The number of hydrogen-bond donors (Lipinski definition) is 1. The number of alkyl halides is 3. The molecule has 2 aliphatic heterocycles. The Balaban J connectivity index is 1.48. The SMILES string of the molecule is C[C@@H]1OCc2c1c(N)nc1ccc(C(=O)N(CC3=CCCOC3)Cc3ccc(C(F)(F)F)cn3)cc21. The molecule has 0 fully saturated rings. The summed E-state index contributed by atoms with van der Waals surface area (Å²) in [5, 5.41) is 0.794. The van der Waals surface area contributed by atoms with E-state index < -0.39 is 11.7 Å². The molecule has 4 heterocycles. The van der Waals surface area contributed by atoms with E-state index in [1.54, 1.807) is 23.1 Å². The van der Waals surface area contributed by atoms with Crippen molar-refractivity contribution in [3.8, 4) is 0 Å². The maximum Gasteiger partial charge on any atom is 0.417 e. The van der Waals surface area contributed by atoms with Crippen LogP contribution in [0.1, 0.15) is 52.2 Å². The van der Waals surface area contributed by atoms with Crippen molar-refractivity contribution in [2.24, 2.45) is 0 Å². The van der Waals surface area contributed by atoms with Crippen LogP contribution in [0.5, 0.6) is 0 Å². The van der Waals surface area contributed by atoms with Gasteiger partial charge in [0, 0.05) is 29.3 Å². The first kappa shape index (κ1) is 24.2. The van der Waals surface area contributed by atoms with Gasteiger partial charge in [0.15, 0.2) is 0 Å². The summed E-state index contributed by atoms with van der Waals surface area (Å²) in [6.07, 6.45) is -1.10. The van der Waals surface area contributed by atoms with Crippen molar-refractivity contribution in [1.29, 1.82) is 0 Å². The molecule has 3 aromatic rings. The van der Waals surface area contributed by atoms with Gasteiger partial charge in [-0.2, -0.15) is 13.2 Å². The number of ether oxygens (including phenoxy) is 2. The second-order valence-electron chi connectivity index (χ2n) is 8.98. The highest BCUT2D eigenvalue weighted by Gasteiger charge is 2.31. The van der Waals surface area contributed by atoms with Crippen LogP contribution in [-0.4, -0.2) is 40.5 Å². The fourth-order valence-corrected chi connectivity index (χ4v) is 4.63. The topological polar surface area (TPSA) is 90.6 Å². The lowest BCUT2D eigenvalue weighted by Gasteiger charge is -2.26. The van der Waals surface area contributed by atoms with Crippen molar-refractivity contribution in [3.05, 3.63) is 76.1 Å². The normalized spacial score (nSPS) is 17.7. The molecule has 1 aromatic carbocycles. The zero-order valence-electron chi connectivity index (χ0n) is 19.6. The fourth-order valence-electron chi connectivity index (χ4n) is 4.63. The van der Waals surface area contributed by atoms with E-state index >= 15 is 0 Å². The second kappa shape index (κ2) is 9.51. The molecular weight excluding hydrogens is 473 g/mol. The maximum atomic E-state index is 13.7. The molecule has 0 radical (unpaired) electrons. The number of halogens is 3. The number of nitrogen functional groups attached to an aromatic ring is 1. The first-order valence-electron chi connectivity index (χ1n) is 11.6. The van der Waals surface area contributed by atoms with Gasteiger partial charge in [-0.25, -0.2) is 4.98 Å². The van der Waals surface area contributed by atoms with Gasteiger partial charge in [-0.15, -0.1) is 0 Å². The number of rotatable bonds is 5. The first-order chi connectivity index (χ1) is 17.2. The van der Waals surface area contributed by atoms with Crippen LogP contribution >= 0.6 is 0 Å². The molecule has 0 unspecified atom stereocenters. The highest BCUT2D eigenvalue weighted by molar-refractivity contribution is 5.99. The lowest BCUT2D eigenvalue weighted by Crippen LogP contribution is -2.34. The Kier molecular flexibility index (Phi) is 6.40. The van der Waals surface area contributed by atoms with Crippen molar-refractivity contribution < 1.29 is 27.4 Å². The summed E-state index contributed by atoms with van der Waals surface area (Å²) in [6, 6.07) is 7.49. The Morgan fingerprint density at radius 1 is 1.19 bits per heavy atom. The lowest BCUT2D eigenvalue weighted by molar-refractivity contribution is -0.137.